The Balaban J connectivity index is 4.20. The fourth-order valence-electron chi connectivity index (χ4n) is 0.670. The van der Waals surface area contributed by atoms with Crippen LogP contribution in [0.5, 0.6) is 0 Å². The standard InChI is InChI=1S/C5H12ClNO4S/c1-2-7(12(9,10)11)4-5(8)3-6/h5,8H,2-4H2,1H3,(H,9,10,11). The Labute approximate surface area is 76.8 Å². The summed E-state index contributed by atoms with van der Waals surface area (Å²) in [5.41, 5.74) is 0. The van der Waals surface area contributed by atoms with E-state index in [0.29, 0.717) is 0 Å². The molecule has 0 heterocycles. The van der Waals surface area contributed by atoms with Gasteiger partial charge in [-0.05, 0) is 0 Å². The summed E-state index contributed by atoms with van der Waals surface area (Å²) >= 11 is 5.25. The summed E-state index contributed by atoms with van der Waals surface area (Å²) in [6, 6.07) is 0. The Morgan fingerprint density at radius 3 is 2.33 bits per heavy atom. The van der Waals surface area contributed by atoms with E-state index >= 15 is 0 Å². The third kappa shape index (κ3) is 4.22. The first kappa shape index (κ1) is 12.1. The molecule has 7 heteroatoms. The minimum Gasteiger partial charge on any atom is -0.391 e. The third-order valence-electron chi connectivity index (χ3n) is 1.27. The highest BCUT2D eigenvalue weighted by molar-refractivity contribution is 7.83. The smallest absolute Gasteiger partial charge is 0.335 e. The highest BCUT2D eigenvalue weighted by Gasteiger charge is 2.19. The van der Waals surface area contributed by atoms with Crippen LogP contribution >= 0.6 is 11.6 Å². The lowest BCUT2D eigenvalue weighted by atomic mass is 10.4. The number of aliphatic hydroxyl groups is 1. The van der Waals surface area contributed by atoms with E-state index in [9.17, 15) is 8.42 Å². The molecule has 0 bridgehead atoms. The molecule has 0 aliphatic rings. The van der Waals surface area contributed by atoms with Crippen LogP contribution in [0.2, 0.25) is 0 Å². The third-order valence-corrected chi connectivity index (χ3v) is 2.69. The highest BCUT2D eigenvalue weighted by Crippen LogP contribution is 1.99. The number of nitrogens with zero attached hydrogens (tertiary/aromatic N) is 1. The van der Waals surface area contributed by atoms with E-state index in [0.717, 1.165) is 4.31 Å². The number of rotatable bonds is 5. The summed E-state index contributed by atoms with van der Waals surface area (Å²) in [6.07, 6.45) is -0.950. The van der Waals surface area contributed by atoms with Gasteiger partial charge in [0, 0.05) is 19.0 Å². The van der Waals surface area contributed by atoms with Crippen LogP contribution in [0.3, 0.4) is 0 Å². The molecule has 0 aromatic rings. The summed E-state index contributed by atoms with van der Waals surface area (Å²) < 4.78 is 30.4. The van der Waals surface area contributed by atoms with Crippen molar-refractivity contribution in [1.82, 2.24) is 4.31 Å². The Morgan fingerprint density at radius 2 is 2.08 bits per heavy atom. The normalized spacial score (nSPS) is 15.1. The van der Waals surface area contributed by atoms with Crippen LogP contribution in [0.4, 0.5) is 0 Å². The predicted molar refractivity (Wildman–Crippen MR) is 45.5 cm³/mol. The van der Waals surface area contributed by atoms with E-state index in [-0.39, 0.29) is 19.0 Å². The van der Waals surface area contributed by atoms with Gasteiger partial charge in [-0.1, -0.05) is 6.92 Å². The van der Waals surface area contributed by atoms with Crippen LogP contribution < -0.4 is 0 Å². The van der Waals surface area contributed by atoms with E-state index in [1.807, 2.05) is 0 Å². The lowest BCUT2D eigenvalue weighted by molar-refractivity contribution is 0.163. The van der Waals surface area contributed by atoms with Gasteiger partial charge >= 0.3 is 10.3 Å². The molecule has 0 aliphatic heterocycles. The topological polar surface area (TPSA) is 77.8 Å². The molecule has 0 rings (SSSR count). The van der Waals surface area contributed by atoms with Crippen molar-refractivity contribution in [2.45, 2.75) is 13.0 Å². The van der Waals surface area contributed by atoms with Crippen LogP contribution in [-0.4, -0.2) is 47.5 Å². The Bertz CT molecular complexity index is 217. The molecule has 0 aliphatic carbocycles. The molecular formula is C5H12ClNO4S. The number of alkyl halides is 1. The maximum absolute atomic E-state index is 10.5. The summed E-state index contributed by atoms with van der Waals surface area (Å²) in [7, 11) is -4.21. The fourth-order valence-corrected chi connectivity index (χ4v) is 1.45. The molecule has 0 radical (unpaired) electrons. The summed E-state index contributed by atoms with van der Waals surface area (Å²) in [5.74, 6) is -0.0635. The molecule has 2 N–H and O–H groups in total. The average Bonchev–Trinajstić information content (AvgIpc) is 1.97. The summed E-state index contributed by atoms with van der Waals surface area (Å²) in [4.78, 5) is 0. The first-order chi connectivity index (χ1) is 5.41. The maximum atomic E-state index is 10.5. The number of likely N-dealkylation sites (N-methyl/N-ethyl adjacent to an activating group) is 1. The van der Waals surface area contributed by atoms with Crippen LogP contribution in [0.15, 0.2) is 0 Å². The molecule has 12 heavy (non-hydrogen) atoms. The van der Waals surface area contributed by atoms with Crippen molar-refractivity contribution in [2.24, 2.45) is 0 Å². The molecule has 0 aromatic heterocycles. The summed E-state index contributed by atoms with van der Waals surface area (Å²) in [6.45, 7) is 1.47. The van der Waals surface area contributed by atoms with Crippen molar-refractivity contribution in [2.75, 3.05) is 19.0 Å². The molecule has 0 saturated heterocycles. The van der Waals surface area contributed by atoms with Gasteiger partial charge in [0.25, 0.3) is 0 Å². The zero-order chi connectivity index (χ0) is 9.78. The molecule has 0 spiro atoms. The number of aliphatic hydroxyl groups excluding tert-OH is 1. The zero-order valence-corrected chi connectivity index (χ0v) is 8.22. The molecule has 1 atom stereocenters. The van der Waals surface area contributed by atoms with E-state index in [2.05, 4.69) is 0 Å². The molecule has 5 nitrogen and oxygen atoms in total. The van der Waals surface area contributed by atoms with Crippen molar-refractivity contribution in [1.29, 1.82) is 0 Å². The lowest BCUT2D eigenvalue weighted by Crippen LogP contribution is -2.37. The lowest BCUT2D eigenvalue weighted by Gasteiger charge is -2.18. The van der Waals surface area contributed by atoms with E-state index in [1.54, 1.807) is 6.92 Å². The van der Waals surface area contributed by atoms with Crippen molar-refractivity contribution >= 4 is 21.9 Å². The molecule has 0 fully saturated rings. The SMILES string of the molecule is CCN(CC(O)CCl)S(=O)(=O)O. The van der Waals surface area contributed by atoms with Gasteiger partial charge in [0.1, 0.15) is 0 Å². The van der Waals surface area contributed by atoms with Gasteiger partial charge < -0.3 is 5.11 Å². The van der Waals surface area contributed by atoms with E-state index in [1.165, 1.54) is 0 Å². The molecule has 1 unspecified atom stereocenters. The monoisotopic (exact) mass is 217 g/mol. The van der Waals surface area contributed by atoms with Gasteiger partial charge in [0.15, 0.2) is 0 Å². The van der Waals surface area contributed by atoms with Gasteiger partial charge in [-0.3, -0.25) is 4.55 Å². The molecule has 74 valence electrons. The molecular weight excluding hydrogens is 206 g/mol. The zero-order valence-electron chi connectivity index (χ0n) is 6.64. The van der Waals surface area contributed by atoms with Crippen LogP contribution in [0.25, 0.3) is 0 Å². The predicted octanol–water partition coefficient (Wildman–Crippen LogP) is -0.289. The second-order valence-corrected chi connectivity index (χ2v) is 3.96. The van der Waals surface area contributed by atoms with E-state index < -0.39 is 16.4 Å². The molecule has 0 aromatic carbocycles. The second-order valence-electron chi connectivity index (χ2n) is 2.24. The number of hydrogen-bond donors (Lipinski definition) is 2. The van der Waals surface area contributed by atoms with Gasteiger partial charge in [-0.15, -0.1) is 11.6 Å². The minimum absolute atomic E-state index is 0.0635. The van der Waals surface area contributed by atoms with Gasteiger partial charge in [-0.25, -0.2) is 0 Å². The molecule has 0 saturated carbocycles. The fraction of sp³-hybridized carbons (Fsp3) is 1.00. The van der Waals surface area contributed by atoms with Gasteiger partial charge in [-0.2, -0.15) is 12.7 Å². The quantitative estimate of drug-likeness (QED) is 0.490. The Morgan fingerprint density at radius 1 is 1.58 bits per heavy atom. The van der Waals surface area contributed by atoms with Crippen LogP contribution in [0, 0.1) is 0 Å². The van der Waals surface area contributed by atoms with Crippen molar-refractivity contribution in [3.05, 3.63) is 0 Å². The largest absolute Gasteiger partial charge is 0.391 e. The average molecular weight is 218 g/mol. The number of halogens is 1. The van der Waals surface area contributed by atoms with Crippen molar-refractivity contribution in [3.8, 4) is 0 Å². The van der Waals surface area contributed by atoms with Gasteiger partial charge in [0.2, 0.25) is 0 Å². The van der Waals surface area contributed by atoms with Crippen LogP contribution in [-0.2, 0) is 10.3 Å². The second kappa shape index (κ2) is 4.98. The van der Waals surface area contributed by atoms with Crippen molar-refractivity contribution < 1.29 is 18.1 Å². The first-order valence-corrected chi connectivity index (χ1v) is 5.31. The molecule has 0 amide bonds. The van der Waals surface area contributed by atoms with Crippen molar-refractivity contribution in [3.63, 3.8) is 0 Å². The van der Waals surface area contributed by atoms with E-state index in [4.69, 9.17) is 21.3 Å². The highest BCUT2D eigenvalue weighted by atomic mass is 35.5. The minimum atomic E-state index is -4.21. The maximum Gasteiger partial charge on any atom is 0.335 e. The number of hydrogen-bond acceptors (Lipinski definition) is 3. The Hall–Kier alpha value is 0.120. The first-order valence-electron chi connectivity index (χ1n) is 3.38. The summed E-state index contributed by atoms with van der Waals surface area (Å²) in [5, 5.41) is 8.97. The Kier molecular flexibility index (Phi) is 5.03. The van der Waals surface area contributed by atoms with Gasteiger partial charge in [0.05, 0.1) is 6.10 Å². The van der Waals surface area contributed by atoms with Crippen LogP contribution in [0.1, 0.15) is 6.92 Å².